The maximum absolute atomic E-state index is 13.9. The Morgan fingerprint density at radius 3 is 2.21 bits per heavy atom. The highest BCUT2D eigenvalue weighted by atomic mass is 19.4. The molecule has 2 fully saturated rings. The van der Waals surface area contributed by atoms with E-state index >= 15 is 0 Å². The first kappa shape index (κ1) is 23.2. The third-order valence-electron chi connectivity index (χ3n) is 6.61. The number of carbonyl (C=O) groups is 1. The van der Waals surface area contributed by atoms with Crippen LogP contribution >= 0.6 is 0 Å². The first-order chi connectivity index (χ1) is 15.8. The zero-order valence-corrected chi connectivity index (χ0v) is 18.7. The van der Waals surface area contributed by atoms with E-state index in [2.05, 4.69) is 10.3 Å². The molecule has 2 aliphatic rings. The van der Waals surface area contributed by atoms with Gasteiger partial charge in [-0.1, -0.05) is 6.07 Å². The zero-order valence-electron chi connectivity index (χ0n) is 18.7. The molecule has 1 heterocycles. The predicted octanol–water partition coefficient (Wildman–Crippen LogP) is 5.15. The van der Waals surface area contributed by atoms with Gasteiger partial charge in [-0.05, 0) is 62.8 Å². The molecule has 9 heteroatoms. The van der Waals surface area contributed by atoms with Crippen molar-refractivity contribution in [3.8, 4) is 11.5 Å². The lowest BCUT2D eigenvalue weighted by atomic mass is 9.88. The number of nitrogens with one attached hydrogen (secondary N) is 1. The minimum absolute atomic E-state index is 0.110. The van der Waals surface area contributed by atoms with Gasteiger partial charge in [0.05, 0.1) is 25.8 Å². The molecule has 2 atom stereocenters. The molecular weight excluding hydrogens is 435 g/mol. The van der Waals surface area contributed by atoms with Crippen LogP contribution in [0.2, 0.25) is 0 Å². The van der Waals surface area contributed by atoms with Crippen LogP contribution in [0, 0.1) is 0 Å². The number of rotatable bonds is 7. The van der Waals surface area contributed by atoms with Gasteiger partial charge in [-0.2, -0.15) is 13.2 Å². The van der Waals surface area contributed by atoms with Crippen molar-refractivity contribution < 1.29 is 27.4 Å². The van der Waals surface area contributed by atoms with Crippen molar-refractivity contribution in [1.82, 2.24) is 9.88 Å². The quantitative estimate of drug-likeness (QED) is 0.616. The van der Waals surface area contributed by atoms with Crippen molar-refractivity contribution in [3.05, 3.63) is 47.7 Å². The molecule has 0 spiro atoms. The Morgan fingerprint density at radius 2 is 1.70 bits per heavy atom. The van der Waals surface area contributed by atoms with Crippen LogP contribution in [0.5, 0.6) is 11.5 Å². The van der Waals surface area contributed by atoms with Crippen LogP contribution in [0.25, 0.3) is 0 Å². The van der Waals surface area contributed by atoms with E-state index in [-0.39, 0.29) is 24.0 Å². The molecular formula is C24H28F3N3O3. The average molecular weight is 464 g/mol. The lowest BCUT2D eigenvalue weighted by Gasteiger charge is -2.44. The Balaban J connectivity index is 1.60. The van der Waals surface area contributed by atoms with Crippen molar-refractivity contribution in [3.63, 3.8) is 0 Å². The molecule has 0 aliphatic heterocycles. The summed E-state index contributed by atoms with van der Waals surface area (Å²) in [5.74, 6) is 1.13. The van der Waals surface area contributed by atoms with E-state index in [1.54, 1.807) is 18.2 Å². The number of pyridine rings is 1. The van der Waals surface area contributed by atoms with Gasteiger partial charge in [0.25, 0.3) is 5.91 Å². The van der Waals surface area contributed by atoms with Crippen LogP contribution in [0.3, 0.4) is 0 Å². The zero-order chi connectivity index (χ0) is 23.6. The fourth-order valence-electron chi connectivity index (χ4n) is 4.72. The molecule has 2 aromatic rings. The minimum Gasteiger partial charge on any atom is -0.496 e. The SMILES string of the molecule is COc1cccc(OC)c1C(=O)N(C1CCC1)[C@H]1CCC[C@@H]1Nc1ccc(C(F)(F)F)cn1. The third-order valence-corrected chi connectivity index (χ3v) is 6.61. The number of nitrogens with zero attached hydrogens (tertiary/aromatic N) is 2. The lowest BCUT2D eigenvalue weighted by molar-refractivity contribution is -0.137. The molecule has 4 rings (SSSR count). The van der Waals surface area contributed by atoms with Gasteiger partial charge in [-0.3, -0.25) is 4.79 Å². The monoisotopic (exact) mass is 463 g/mol. The van der Waals surface area contributed by atoms with Gasteiger partial charge in [0, 0.05) is 18.3 Å². The summed E-state index contributed by atoms with van der Waals surface area (Å²) in [5, 5.41) is 3.28. The molecule has 0 radical (unpaired) electrons. The normalized spacial score (nSPS) is 20.8. The minimum atomic E-state index is -4.43. The van der Waals surface area contributed by atoms with Crippen LogP contribution < -0.4 is 14.8 Å². The number of hydrogen-bond donors (Lipinski definition) is 1. The van der Waals surface area contributed by atoms with Crippen molar-refractivity contribution in [2.24, 2.45) is 0 Å². The summed E-state index contributed by atoms with van der Waals surface area (Å²) in [7, 11) is 3.05. The lowest BCUT2D eigenvalue weighted by Crippen LogP contribution is -2.54. The van der Waals surface area contributed by atoms with Crippen LogP contribution in [0.15, 0.2) is 36.5 Å². The summed E-state index contributed by atoms with van der Waals surface area (Å²) < 4.78 is 49.6. The molecule has 2 aliphatic carbocycles. The smallest absolute Gasteiger partial charge is 0.417 e. The molecule has 1 amide bonds. The summed E-state index contributed by atoms with van der Waals surface area (Å²) >= 11 is 0. The highest BCUT2D eigenvalue weighted by molar-refractivity contribution is 6.00. The number of benzene rings is 1. The number of carbonyl (C=O) groups excluding carboxylic acids is 1. The molecule has 6 nitrogen and oxygen atoms in total. The summed E-state index contributed by atoms with van der Waals surface area (Å²) in [6.07, 6.45) is 1.82. The van der Waals surface area contributed by atoms with Gasteiger partial charge in [0.15, 0.2) is 0 Å². The van der Waals surface area contributed by atoms with Crippen molar-refractivity contribution in [2.45, 2.75) is 62.8 Å². The number of anilines is 1. The van der Waals surface area contributed by atoms with Crippen LogP contribution in [0.4, 0.5) is 19.0 Å². The Kier molecular flexibility index (Phi) is 6.67. The van der Waals surface area contributed by atoms with Gasteiger partial charge >= 0.3 is 6.18 Å². The molecule has 1 aromatic carbocycles. The van der Waals surface area contributed by atoms with E-state index in [9.17, 15) is 18.0 Å². The van der Waals surface area contributed by atoms with Gasteiger partial charge in [0.1, 0.15) is 22.9 Å². The number of methoxy groups -OCH3 is 2. The molecule has 0 saturated heterocycles. The number of aromatic nitrogens is 1. The van der Waals surface area contributed by atoms with Gasteiger partial charge in [-0.25, -0.2) is 4.98 Å². The first-order valence-corrected chi connectivity index (χ1v) is 11.2. The molecule has 0 bridgehead atoms. The number of hydrogen-bond acceptors (Lipinski definition) is 5. The predicted molar refractivity (Wildman–Crippen MR) is 118 cm³/mol. The largest absolute Gasteiger partial charge is 0.496 e. The van der Waals surface area contributed by atoms with E-state index in [0.717, 1.165) is 50.8 Å². The van der Waals surface area contributed by atoms with Crippen LogP contribution in [-0.2, 0) is 6.18 Å². The Morgan fingerprint density at radius 1 is 1.03 bits per heavy atom. The van der Waals surface area contributed by atoms with Gasteiger partial charge in [-0.15, -0.1) is 0 Å². The highest BCUT2D eigenvalue weighted by Gasteiger charge is 2.42. The first-order valence-electron chi connectivity index (χ1n) is 11.2. The molecule has 1 N–H and O–H groups in total. The standard InChI is InChI=1S/C24H28F3N3O3/c1-32-19-10-5-11-20(33-2)22(19)23(31)30(16-6-3-7-16)18-9-4-8-17(18)29-21-13-12-15(14-28-21)24(25,26)27/h5,10-14,16-18H,3-4,6-9H2,1-2H3,(H,28,29)/t17-,18-/m0/s1. The maximum atomic E-state index is 13.9. The summed E-state index contributed by atoms with van der Waals surface area (Å²) in [6, 6.07) is 7.51. The number of ether oxygens (including phenoxy) is 2. The maximum Gasteiger partial charge on any atom is 0.417 e. The second kappa shape index (κ2) is 9.49. The van der Waals surface area contributed by atoms with E-state index in [1.165, 1.54) is 20.3 Å². The Labute approximate surface area is 191 Å². The van der Waals surface area contributed by atoms with E-state index in [4.69, 9.17) is 9.47 Å². The molecule has 33 heavy (non-hydrogen) atoms. The van der Waals surface area contributed by atoms with Gasteiger partial charge in [0.2, 0.25) is 0 Å². The second-order valence-corrected chi connectivity index (χ2v) is 8.51. The van der Waals surface area contributed by atoms with Crippen molar-refractivity contribution in [2.75, 3.05) is 19.5 Å². The van der Waals surface area contributed by atoms with Gasteiger partial charge < -0.3 is 19.7 Å². The topological polar surface area (TPSA) is 63.7 Å². The Hall–Kier alpha value is -2.97. The number of halogens is 3. The summed E-state index contributed by atoms with van der Waals surface area (Å²) in [4.78, 5) is 19.8. The third kappa shape index (κ3) is 4.72. The average Bonchev–Trinajstić information content (AvgIpc) is 3.22. The highest BCUT2D eigenvalue weighted by Crippen LogP contribution is 2.38. The number of alkyl halides is 3. The van der Waals surface area contributed by atoms with E-state index in [0.29, 0.717) is 22.9 Å². The van der Waals surface area contributed by atoms with E-state index in [1.807, 2.05) is 4.90 Å². The fraction of sp³-hybridized carbons (Fsp3) is 0.500. The summed E-state index contributed by atoms with van der Waals surface area (Å²) in [5.41, 5.74) is -0.390. The van der Waals surface area contributed by atoms with Crippen LogP contribution in [-0.4, -0.2) is 48.1 Å². The van der Waals surface area contributed by atoms with Crippen LogP contribution in [0.1, 0.15) is 54.4 Å². The number of amides is 1. The summed E-state index contributed by atoms with van der Waals surface area (Å²) in [6.45, 7) is 0. The van der Waals surface area contributed by atoms with E-state index < -0.39 is 11.7 Å². The molecule has 1 aromatic heterocycles. The second-order valence-electron chi connectivity index (χ2n) is 8.51. The fourth-order valence-corrected chi connectivity index (χ4v) is 4.72. The molecule has 2 saturated carbocycles. The van der Waals surface area contributed by atoms with Crippen molar-refractivity contribution in [1.29, 1.82) is 0 Å². The molecule has 178 valence electrons. The molecule has 0 unspecified atom stereocenters. The van der Waals surface area contributed by atoms with Crippen molar-refractivity contribution >= 4 is 11.7 Å². The Bertz CT molecular complexity index is 955.